The zero-order chi connectivity index (χ0) is 12.1. The maximum absolute atomic E-state index is 5.32. The topological polar surface area (TPSA) is 9.23 Å². The molecular formula is C15H21O. The molecule has 1 aromatic carbocycles. The molecule has 0 heterocycles. The predicted octanol–water partition coefficient (Wildman–Crippen LogP) is 4.02. The molecule has 0 saturated carbocycles. The average Bonchev–Trinajstić information content (AvgIpc) is 2.26. The quantitative estimate of drug-likeness (QED) is 0.723. The van der Waals surface area contributed by atoms with Crippen molar-refractivity contribution < 1.29 is 4.74 Å². The lowest BCUT2D eigenvalue weighted by atomic mass is 9.95. The molecule has 0 aliphatic rings. The van der Waals surface area contributed by atoms with Gasteiger partial charge in [-0.3, -0.25) is 0 Å². The third kappa shape index (κ3) is 3.41. The van der Waals surface area contributed by atoms with Crippen LogP contribution in [0.3, 0.4) is 0 Å². The standard InChI is InChI=1S/C15H21O/c1-6-12(4)14-8-13(7-11(2)3)9-15(10-14)16-5/h6,8-11H,1,7H2,2-5H3. The SMILES string of the molecule is C=C[C](C)c1cc(CC(C)C)cc(OC)c1. The van der Waals surface area contributed by atoms with Crippen LogP contribution in [0.1, 0.15) is 31.9 Å². The van der Waals surface area contributed by atoms with Crippen LogP contribution in [0, 0.1) is 11.8 Å². The molecule has 0 saturated heterocycles. The van der Waals surface area contributed by atoms with Crippen molar-refractivity contribution in [1.29, 1.82) is 0 Å². The van der Waals surface area contributed by atoms with Gasteiger partial charge in [0.05, 0.1) is 7.11 Å². The Bertz CT molecular complexity index is 352. The van der Waals surface area contributed by atoms with Crippen LogP contribution >= 0.6 is 0 Å². The van der Waals surface area contributed by atoms with Crippen molar-refractivity contribution in [3.63, 3.8) is 0 Å². The molecule has 0 aliphatic heterocycles. The molecule has 0 amide bonds. The molecule has 0 bridgehead atoms. The first-order chi connectivity index (χ1) is 7.56. The molecule has 0 unspecified atom stereocenters. The van der Waals surface area contributed by atoms with Crippen molar-refractivity contribution in [2.24, 2.45) is 5.92 Å². The van der Waals surface area contributed by atoms with Gasteiger partial charge in [-0.1, -0.05) is 32.9 Å². The number of benzene rings is 1. The number of rotatable bonds is 5. The van der Waals surface area contributed by atoms with Crippen molar-refractivity contribution in [2.45, 2.75) is 27.2 Å². The Balaban J connectivity index is 3.05. The van der Waals surface area contributed by atoms with Crippen LogP contribution in [-0.4, -0.2) is 7.11 Å². The van der Waals surface area contributed by atoms with Gasteiger partial charge in [-0.15, -0.1) is 6.58 Å². The van der Waals surface area contributed by atoms with E-state index in [1.807, 2.05) is 6.08 Å². The van der Waals surface area contributed by atoms with Crippen molar-refractivity contribution in [3.8, 4) is 5.75 Å². The van der Waals surface area contributed by atoms with Crippen molar-refractivity contribution in [2.75, 3.05) is 7.11 Å². The maximum atomic E-state index is 5.32. The predicted molar refractivity (Wildman–Crippen MR) is 69.8 cm³/mol. The van der Waals surface area contributed by atoms with Crippen molar-refractivity contribution >= 4 is 0 Å². The zero-order valence-corrected chi connectivity index (χ0v) is 10.7. The smallest absolute Gasteiger partial charge is 0.119 e. The zero-order valence-electron chi connectivity index (χ0n) is 10.7. The van der Waals surface area contributed by atoms with E-state index in [1.54, 1.807) is 7.11 Å². The summed E-state index contributed by atoms with van der Waals surface area (Å²) in [6, 6.07) is 6.39. The number of ether oxygens (including phenoxy) is 1. The largest absolute Gasteiger partial charge is 0.497 e. The van der Waals surface area contributed by atoms with Crippen molar-refractivity contribution in [1.82, 2.24) is 0 Å². The summed E-state index contributed by atoms with van der Waals surface area (Å²) in [6.45, 7) is 10.3. The molecule has 1 heteroatoms. The van der Waals surface area contributed by atoms with Crippen LogP contribution in [-0.2, 0) is 6.42 Å². The van der Waals surface area contributed by atoms with Gasteiger partial charge >= 0.3 is 0 Å². The van der Waals surface area contributed by atoms with Gasteiger partial charge in [0.25, 0.3) is 0 Å². The molecule has 1 aromatic rings. The third-order valence-electron chi connectivity index (χ3n) is 2.61. The third-order valence-corrected chi connectivity index (χ3v) is 2.61. The monoisotopic (exact) mass is 217 g/mol. The van der Waals surface area contributed by atoms with Gasteiger partial charge in [0.15, 0.2) is 0 Å². The lowest BCUT2D eigenvalue weighted by Crippen LogP contribution is -1.98. The summed E-state index contributed by atoms with van der Waals surface area (Å²) in [7, 11) is 1.71. The summed E-state index contributed by atoms with van der Waals surface area (Å²) in [5.74, 6) is 2.77. The Morgan fingerprint density at radius 1 is 1.38 bits per heavy atom. The maximum Gasteiger partial charge on any atom is 0.119 e. The van der Waals surface area contributed by atoms with E-state index in [9.17, 15) is 0 Å². The van der Waals surface area contributed by atoms with E-state index in [0.29, 0.717) is 5.92 Å². The molecule has 1 rings (SSSR count). The summed E-state index contributed by atoms with van der Waals surface area (Å²) in [5.41, 5.74) is 2.52. The minimum atomic E-state index is 0.656. The molecule has 0 N–H and O–H groups in total. The fourth-order valence-corrected chi connectivity index (χ4v) is 1.71. The van der Waals surface area contributed by atoms with E-state index >= 15 is 0 Å². The van der Waals surface area contributed by atoms with Crippen LogP contribution in [0.25, 0.3) is 0 Å². The van der Waals surface area contributed by atoms with E-state index in [1.165, 1.54) is 17.0 Å². The molecule has 0 aliphatic carbocycles. The lowest BCUT2D eigenvalue weighted by molar-refractivity contribution is 0.413. The first-order valence-electron chi connectivity index (χ1n) is 5.71. The second kappa shape index (κ2) is 5.74. The molecule has 0 fully saturated rings. The fraction of sp³-hybridized carbons (Fsp3) is 0.400. The van der Waals surface area contributed by atoms with Gasteiger partial charge in [0.1, 0.15) is 5.75 Å². The minimum Gasteiger partial charge on any atom is -0.497 e. The highest BCUT2D eigenvalue weighted by atomic mass is 16.5. The number of allylic oxidation sites excluding steroid dienone is 1. The lowest BCUT2D eigenvalue weighted by Gasteiger charge is -2.12. The molecule has 0 atom stereocenters. The van der Waals surface area contributed by atoms with Gasteiger partial charge in [-0.05, 0) is 35.6 Å². The van der Waals surface area contributed by atoms with Crippen LogP contribution < -0.4 is 4.74 Å². The average molecular weight is 217 g/mol. The highest BCUT2D eigenvalue weighted by Crippen LogP contribution is 2.24. The Morgan fingerprint density at radius 3 is 2.56 bits per heavy atom. The van der Waals surface area contributed by atoms with Gasteiger partial charge < -0.3 is 4.74 Å². The van der Waals surface area contributed by atoms with E-state index in [4.69, 9.17) is 4.74 Å². The molecule has 1 radical (unpaired) electrons. The Labute approximate surface area is 99.1 Å². The number of hydrogen-bond donors (Lipinski definition) is 0. The first kappa shape index (κ1) is 12.8. The molecule has 0 aromatic heterocycles. The summed E-state index contributed by atoms with van der Waals surface area (Å²) >= 11 is 0. The highest BCUT2D eigenvalue weighted by molar-refractivity contribution is 5.43. The molecule has 0 spiro atoms. The van der Waals surface area contributed by atoms with Crippen LogP contribution in [0.15, 0.2) is 30.9 Å². The Morgan fingerprint density at radius 2 is 2.06 bits per heavy atom. The van der Waals surface area contributed by atoms with Gasteiger partial charge in [0.2, 0.25) is 0 Å². The Hall–Kier alpha value is -1.24. The first-order valence-corrected chi connectivity index (χ1v) is 5.71. The van der Waals surface area contributed by atoms with Crippen LogP contribution in [0.5, 0.6) is 5.75 Å². The van der Waals surface area contributed by atoms with Crippen LogP contribution in [0.4, 0.5) is 0 Å². The van der Waals surface area contributed by atoms with E-state index in [0.717, 1.165) is 12.2 Å². The summed E-state index contributed by atoms with van der Waals surface area (Å²) in [5, 5.41) is 0. The van der Waals surface area contributed by atoms with E-state index in [-0.39, 0.29) is 0 Å². The summed E-state index contributed by atoms with van der Waals surface area (Å²) < 4.78 is 5.32. The van der Waals surface area contributed by atoms with Crippen molar-refractivity contribution in [3.05, 3.63) is 47.9 Å². The molecular weight excluding hydrogens is 196 g/mol. The molecule has 16 heavy (non-hydrogen) atoms. The second-order valence-electron chi connectivity index (χ2n) is 4.55. The molecule has 1 nitrogen and oxygen atoms in total. The minimum absolute atomic E-state index is 0.656. The second-order valence-corrected chi connectivity index (χ2v) is 4.55. The summed E-state index contributed by atoms with van der Waals surface area (Å²) in [4.78, 5) is 0. The highest BCUT2D eigenvalue weighted by Gasteiger charge is 2.07. The number of hydrogen-bond acceptors (Lipinski definition) is 1. The van der Waals surface area contributed by atoms with Gasteiger partial charge in [-0.25, -0.2) is 0 Å². The molecule has 87 valence electrons. The van der Waals surface area contributed by atoms with Gasteiger partial charge in [-0.2, -0.15) is 0 Å². The normalized spacial score (nSPS) is 10.9. The van der Waals surface area contributed by atoms with Crippen LogP contribution in [0.2, 0.25) is 0 Å². The summed E-state index contributed by atoms with van der Waals surface area (Å²) in [6.07, 6.45) is 2.96. The number of methoxy groups -OCH3 is 1. The Kier molecular flexibility index (Phi) is 4.60. The fourth-order valence-electron chi connectivity index (χ4n) is 1.71. The van der Waals surface area contributed by atoms with Gasteiger partial charge in [0, 0.05) is 5.92 Å². The van der Waals surface area contributed by atoms with E-state index in [2.05, 4.69) is 45.5 Å². The van der Waals surface area contributed by atoms with E-state index < -0.39 is 0 Å².